The van der Waals surface area contributed by atoms with Crippen molar-refractivity contribution >= 4 is 0 Å². The van der Waals surface area contributed by atoms with Crippen LogP contribution < -0.4 is 0 Å². The Hall–Kier alpha value is -2.35. The molecule has 0 saturated heterocycles. The van der Waals surface area contributed by atoms with E-state index in [9.17, 15) is 0 Å². The standard InChI is InChI=1S/C23H28N2/c1-6-23(4,17(2)3)21-16-19(18-10-8-7-9-11-18)12-13-20(21)22-24-14-15-25(22)5/h7-17H,6H2,1-5H3. The Morgan fingerprint density at radius 3 is 2.32 bits per heavy atom. The molecule has 0 radical (unpaired) electrons. The minimum absolute atomic E-state index is 0.103. The molecule has 0 aliphatic heterocycles. The largest absolute Gasteiger partial charge is 0.334 e. The molecule has 0 amide bonds. The summed E-state index contributed by atoms with van der Waals surface area (Å²) in [6.45, 7) is 9.31. The van der Waals surface area contributed by atoms with Crippen LogP contribution in [0, 0.1) is 5.92 Å². The highest BCUT2D eigenvalue weighted by atomic mass is 15.0. The van der Waals surface area contributed by atoms with Gasteiger partial charge in [-0.2, -0.15) is 0 Å². The molecule has 0 saturated carbocycles. The molecule has 2 heteroatoms. The van der Waals surface area contributed by atoms with Crippen LogP contribution in [0.1, 0.15) is 39.7 Å². The van der Waals surface area contributed by atoms with E-state index in [0.29, 0.717) is 5.92 Å². The molecule has 130 valence electrons. The highest BCUT2D eigenvalue weighted by molar-refractivity contribution is 5.72. The van der Waals surface area contributed by atoms with Crippen molar-refractivity contribution in [1.29, 1.82) is 0 Å². The lowest BCUT2D eigenvalue weighted by Crippen LogP contribution is -2.28. The van der Waals surface area contributed by atoms with Crippen LogP contribution in [-0.4, -0.2) is 9.55 Å². The van der Waals surface area contributed by atoms with Crippen molar-refractivity contribution in [1.82, 2.24) is 9.55 Å². The Morgan fingerprint density at radius 2 is 1.76 bits per heavy atom. The van der Waals surface area contributed by atoms with Crippen LogP contribution >= 0.6 is 0 Å². The third kappa shape index (κ3) is 3.13. The number of aryl methyl sites for hydroxylation is 1. The lowest BCUT2D eigenvalue weighted by Gasteiger charge is -2.35. The van der Waals surface area contributed by atoms with Crippen molar-refractivity contribution in [3.8, 4) is 22.5 Å². The zero-order valence-electron chi connectivity index (χ0n) is 16.0. The van der Waals surface area contributed by atoms with Gasteiger partial charge < -0.3 is 4.57 Å². The van der Waals surface area contributed by atoms with Crippen LogP contribution in [0.4, 0.5) is 0 Å². The second-order valence-corrected chi connectivity index (χ2v) is 7.41. The fourth-order valence-electron chi connectivity index (χ4n) is 3.56. The van der Waals surface area contributed by atoms with Gasteiger partial charge in [-0.1, -0.05) is 70.2 Å². The summed E-state index contributed by atoms with van der Waals surface area (Å²) >= 11 is 0. The van der Waals surface area contributed by atoms with Crippen molar-refractivity contribution in [2.75, 3.05) is 0 Å². The molecule has 0 aliphatic carbocycles. The number of rotatable bonds is 5. The molecule has 0 spiro atoms. The predicted octanol–water partition coefficient (Wildman–Crippen LogP) is 6.08. The molecule has 2 nitrogen and oxygen atoms in total. The topological polar surface area (TPSA) is 17.8 Å². The van der Waals surface area contributed by atoms with E-state index in [1.165, 1.54) is 22.3 Å². The number of benzene rings is 2. The number of hydrogen-bond donors (Lipinski definition) is 0. The average molecular weight is 332 g/mol. The maximum absolute atomic E-state index is 4.62. The first-order chi connectivity index (χ1) is 12.0. The highest BCUT2D eigenvalue weighted by Gasteiger charge is 2.32. The quantitative estimate of drug-likeness (QED) is 0.554. The Morgan fingerprint density at radius 1 is 1.04 bits per heavy atom. The van der Waals surface area contributed by atoms with Crippen molar-refractivity contribution < 1.29 is 0 Å². The van der Waals surface area contributed by atoms with E-state index < -0.39 is 0 Å². The van der Waals surface area contributed by atoms with Crippen molar-refractivity contribution in [3.05, 3.63) is 66.5 Å². The van der Waals surface area contributed by atoms with Crippen LogP contribution in [-0.2, 0) is 12.5 Å². The third-order valence-corrected chi connectivity index (χ3v) is 5.81. The van der Waals surface area contributed by atoms with Gasteiger partial charge in [0.15, 0.2) is 0 Å². The van der Waals surface area contributed by atoms with Crippen molar-refractivity contribution in [2.45, 2.75) is 39.5 Å². The Kier molecular flexibility index (Phi) is 4.80. The summed E-state index contributed by atoms with van der Waals surface area (Å²) in [4.78, 5) is 4.62. The molecule has 25 heavy (non-hydrogen) atoms. The van der Waals surface area contributed by atoms with E-state index in [1.807, 2.05) is 12.4 Å². The molecule has 0 fully saturated rings. The van der Waals surface area contributed by atoms with E-state index in [0.717, 1.165) is 12.2 Å². The predicted molar refractivity (Wildman–Crippen MR) is 107 cm³/mol. The van der Waals surface area contributed by atoms with E-state index in [2.05, 4.69) is 92.8 Å². The lowest BCUT2D eigenvalue weighted by molar-refractivity contribution is 0.327. The lowest BCUT2D eigenvalue weighted by atomic mass is 9.69. The van der Waals surface area contributed by atoms with Crippen LogP contribution in [0.5, 0.6) is 0 Å². The Bertz CT molecular complexity index is 846. The van der Waals surface area contributed by atoms with Crippen LogP contribution in [0.25, 0.3) is 22.5 Å². The summed E-state index contributed by atoms with van der Waals surface area (Å²) in [5.74, 6) is 1.58. The van der Waals surface area contributed by atoms with Crippen molar-refractivity contribution in [2.24, 2.45) is 13.0 Å². The summed E-state index contributed by atoms with van der Waals surface area (Å²) in [6, 6.07) is 17.5. The van der Waals surface area contributed by atoms with E-state index in [-0.39, 0.29) is 5.41 Å². The summed E-state index contributed by atoms with van der Waals surface area (Å²) in [7, 11) is 2.07. The zero-order chi connectivity index (χ0) is 18.0. The van der Waals surface area contributed by atoms with E-state index >= 15 is 0 Å². The first-order valence-corrected chi connectivity index (χ1v) is 9.15. The number of hydrogen-bond acceptors (Lipinski definition) is 1. The molecule has 1 heterocycles. The zero-order valence-corrected chi connectivity index (χ0v) is 16.0. The van der Waals surface area contributed by atoms with E-state index in [1.54, 1.807) is 0 Å². The average Bonchev–Trinajstić information content (AvgIpc) is 3.07. The summed E-state index contributed by atoms with van der Waals surface area (Å²) in [6.07, 6.45) is 4.99. The van der Waals surface area contributed by atoms with Gasteiger partial charge in [0, 0.05) is 25.0 Å². The van der Waals surface area contributed by atoms with Gasteiger partial charge in [0.2, 0.25) is 0 Å². The second kappa shape index (κ2) is 6.87. The van der Waals surface area contributed by atoms with Crippen molar-refractivity contribution in [3.63, 3.8) is 0 Å². The summed E-state index contributed by atoms with van der Waals surface area (Å²) in [5, 5.41) is 0. The minimum Gasteiger partial charge on any atom is -0.334 e. The Balaban J connectivity index is 2.25. The monoisotopic (exact) mass is 332 g/mol. The van der Waals surface area contributed by atoms with Gasteiger partial charge >= 0.3 is 0 Å². The molecular formula is C23H28N2. The van der Waals surface area contributed by atoms with Gasteiger partial charge in [0.05, 0.1) is 0 Å². The maximum atomic E-state index is 4.62. The molecule has 2 aromatic carbocycles. The normalized spacial score (nSPS) is 13.8. The van der Waals surface area contributed by atoms with Gasteiger partial charge in [-0.15, -0.1) is 0 Å². The second-order valence-electron chi connectivity index (χ2n) is 7.41. The van der Waals surface area contributed by atoms with Gasteiger partial charge in [-0.25, -0.2) is 4.98 Å². The van der Waals surface area contributed by atoms with Crippen LogP contribution in [0.3, 0.4) is 0 Å². The van der Waals surface area contributed by atoms with Gasteiger partial charge in [0.25, 0.3) is 0 Å². The Labute approximate surface area is 151 Å². The van der Waals surface area contributed by atoms with Crippen LogP contribution in [0.2, 0.25) is 0 Å². The number of aromatic nitrogens is 2. The van der Waals surface area contributed by atoms with Gasteiger partial charge in [0.1, 0.15) is 5.82 Å². The summed E-state index contributed by atoms with van der Waals surface area (Å²) in [5.41, 5.74) is 5.27. The molecule has 1 atom stereocenters. The fourth-order valence-corrected chi connectivity index (χ4v) is 3.56. The smallest absolute Gasteiger partial charge is 0.139 e. The molecule has 3 rings (SSSR count). The van der Waals surface area contributed by atoms with Gasteiger partial charge in [-0.05, 0) is 40.5 Å². The molecular weight excluding hydrogens is 304 g/mol. The molecule has 0 aliphatic rings. The first-order valence-electron chi connectivity index (χ1n) is 9.15. The number of imidazole rings is 1. The minimum atomic E-state index is 0.103. The molecule has 3 aromatic rings. The third-order valence-electron chi connectivity index (χ3n) is 5.81. The maximum Gasteiger partial charge on any atom is 0.139 e. The molecule has 0 bridgehead atoms. The van der Waals surface area contributed by atoms with Gasteiger partial charge in [-0.3, -0.25) is 0 Å². The highest BCUT2D eigenvalue weighted by Crippen LogP contribution is 2.42. The van der Waals surface area contributed by atoms with E-state index in [4.69, 9.17) is 0 Å². The molecule has 1 unspecified atom stereocenters. The molecule has 1 aromatic heterocycles. The summed E-state index contributed by atoms with van der Waals surface area (Å²) < 4.78 is 2.11. The molecule has 0 N–H and O–H groups in total. The fraction of sp³-hybridized carbons (Fsp3) is 0.348. The van der Waals surface area contributed by atoms with Crippen LogP contribution in [0.15, 0.2) is 60.9 Å². The SMILES string of the molecule is CCC(C)(c1cc(-c2ccccc2)ccc1-c1nccn1C)C(C)C. The first kappa shape index (κ1) is 17.5. The number of nitrogens with zero attached hydrogens (tertiary/aromatic N) is 2.